The monoisotopic (exact) mass is 208 g/mol. The van der Waals surface area contributed by atoms with Gasteiger partial charge in [0.15, 0.2) is 0 Å². The van der Waals surface area contributed by atoms with Gasteiger partial charge in [-0.1, -0.05) is 37.3 Å². The lowest BCUT2D eigenvalue weighted by Gasteiger charge is -2.27. The standard InChI is InChI=1S/C12H20OSi/c1-5-11(2)13-14(3,4)12-9-7-6-8-10-12/h6-11H,5H2,1-4H3. The average Bonchev–Trinajstić information content (AvgIpc) is 2.18. The molecule has 0 N–H and O–H groups in total. The first-order valence-electron chi connectivity index (χ1n) is 5.29. The molecule has 0 aromatic heterocycles. The van der Waals surface area contributed by atoms with Crippen LogP contribution in [0.1, 0.15) is 20.3 Å². The van der Waals surface area contributed by atoms with Crippen LogP contribution in [0, 0.1) is 0 Å². The zero-order chi connectivity index (χ0) is 10.6. The van der Waals surface area contributed by atoms with E-state index in [9.17, 15) is 0 Å². The molecule has 0 amide bonds. The molecule has 0 aliphatic heterocycles. The summed E-state index contributed by atoms with van der Waals surface area (Å²) in [4.78, 5) is 0. The van der Waals surface area contributed by atoms with E-state index in [2.05, 4.69) is 57.3 Å². The van der Waals surface area contributed by atoms with E-state index in [0.717, 1.165) is 6.42 Å². The van der Waals surface area contributed by atoms with Gasteiger partial charge in [0.2, 0.25) is 8.32 Å². The van der Waals surface area contributed by atoms with Gasteiger partial charge >= 0.3 is 0 Å². The van der Waals surface area contributed by atoms with Crippen molar-refractivity contribution < 1.29 is 4.43 Å². The molecule has 1 atom stereocenters. The van der Waals surface area contributed by atoms with E-state index in [4.69, 9.17) is 4.43 Å². The molecule has 0 heterocycles. The van der Waals surface area contributed by atoms with Crippen molar-refractivity contribution in [2.45, 2.75) is 39.5 Å². The fourth-order valence-electron chi connectivity index (χ4n) is 1.49. The molecule has 0 bridgehead atoms. The Morgan fingerprint density at radius 3 is 2.29 bits per heavy atom. The normalized spacial score (nSPS) is 14.0. The van der Waals surface area contributed by atoms with Crippen molar-refractivity contribution in [3.63, 3.8) is 0 Å². The number of rotatable bonds is 4. The van der Waals surface area contributed by atoms with E-state index in [0.29, 0.717) is 6.10 Å². The van der Waals surface area contributed by atoms with Crippen LogP contribution in [0.3, 0.4) is 0 Å². The Bertz CT molecular complexity index is 269. The van der Waals surface area contributed by atoms with E-state index in [1.54, 1.807) is 0 Å². The second-order valence-corrected chi connectivity index (χ2v) is 8.05. The summed E-state index contributed by atoms with van der Waals surface area (Å²) >= 11 is 0. The maximum absolute atomic E-state index is 6.11. The molecule has 0 radical (unpaired) electrons. The smallest absolute Gasteiger partial charge is 0.218 e. The second-order valence-electron chi connectivity index (χ2n) is 4.21. The van der Waals surface area contributed by atoms with Crippen LogP contribution >= 0.6 is 0 Å². The van der Waals surface area contributed by atoms with E-state index in [1.807, 2.05) is 0 Å². The van der Waals surface area contributed by atoms with Gasteiger partial charge in [0.05, 0.1) is 0 Å². The van der Waals surface area contributed by atoms with Crippen molar-refractivity contribution >= 4 is 13.5 Å². The molecule has 1 nitrogen and oxygen atoms in total. The first-order chi connectivity index (χ1) is 6.56. The van der Waals surface area contributed by atoms with E-state index in [1.165, 1.54) is 5.19 Å². The van der Waals surface area contributed by atoms with E-state index < -0.39 is 8.32 Å². The Morgan fingerprint density at radius 2 is 1.79 bits per heavy atom. The molecule has 0 aliphatic rings. The summed E-state index contributed by atoms with van der Waals surface area (Å²) in [6.07, 6.45) is 1.46. The van der Waals surface area contributed by atoms with Gasteiger partial charge in [-0.15, -0.1) is 0 Å². The lowest BCUT2D eigenvalue weighted by Crippen LogP contribution is -2.46. The summed E-state index contributed by atoms with van der Waals surface area (Å²) in [5.41, 5.74) is 0. The highest BCUT2D eigenvalue weighted by Gasteiger charge is 2.26. The van der Waals surface area contributed by atoms with Crippen molar-refractivity contribution in [1.82, 2.24) is 0 Å². The van der Waals surface area contributed by atoms with E-state index >= 15 is 0 Å². The Labute approximate surface area is 88.2 Å². The van der Waals surface area contributed by atoms with Gasteiger partial charge in [0.1, 0.15) is 0 Å². The zero-order valence-corrected chi connectivity index (χ0v) is 10.6. The fraction of sp³-hybridized carbons (Fsp3) is 0.500. The Morgan fingerprint density at radius 1 is 1.21 bits per heavy atom. The van der Waals surface area contributed by atoms with Gasteiger partial charge < -0.3 is 4.43 Å². The highest BCUT2D eigenvalue weighted by atomic mass is 28.4. The highest BCUT2D eigenvalue weighted by molar-refractivity contribution is 6.84. The largest absolute Gasteiger partial charge is 0.410 e. The summed E-state index contributed by atoms with van der Waals surface area (Å²) in [5, 5.41) is 1.38. The van der Waals surface area contributed by atoms with Crippen LogP contribution in [0.25, 0.3) is 0 Å². The second kappa shape index (κ2) is 4.76. The molecular weight excluding hydrogens is 188 g/mol. The molecule has 0 fully saturated rings. The van der Waals surface area contributed by atoms with Crippen molar-refractivity contribution in [1.29, 1.82) is 0 Å². The van der Waals surface area contributed by atoms with Crippen LogP contribution in [0.2, 0.25) is 13.1 Å². The van der Waals surface area contributed by atoms with Gasteiger partial charge in [-0.2, -0.15) is 0 Å². The van der Waals surface area contributed by atoms with Crippen LogP contribution in [0.4, 0.5) is 0 Å². The lowest BCUT2D eigenvalue weighted by molar-refractivity contribution is 0.213. The third-order valence-corrected chi connectivity index (χ3v) is 5.26. The lowest BCUT2D eigenvalue weighted by atomic mass is 10.3. The average molecular weight is 208 g/mol. The summed E-state index contributed by atoms with van der Waals surface area (Å²) in [6.45, 7) is 8.83. The van der Waals surface area contributed by atoms with Crippen LogP contribution in [-0.2, 0) is 4.43 Å². The zero-order valence-electron chi connectivity index (χ0n) is 9.58. The van der Waals surface area contributed by atoms with Crippen LogP contribution in [0.5, 0.6) is 0 Å². The first kappa shape index (κ1) is 11.5. The predicted octanol–water partition coefficient (Wildman–Crippen LogP) is 2.91. The Balaban J connectivity index is 2.75. The van der Waals surface area contributed by atoms with Gasteiger partial charge in [0, 0.05) is 6.10 Å². The molecule has 1 rings (SSSR count). The third-order valence-electron chi connectivity index (χ3n) is 2.54. The highest BCUT2D eigenvalue weighted by Crippen LogP contribution is 2.10. The van der Waals surface area contributed by atoms with E-state index in [-0.39, 0.29) is 0 Å². The molecule has 0 saturated carbocycles. The van der Waals surface area contributed by atoms with Gasteiger partial charge in [-0.3, -0.25) is 0 Å². The maximum Gasteiger partial charge on any atom is 0.218 e. The predicted molar refractivity (Wildman–Crippen MR) is 64.4 cm³/mol. The van der Waals surface area contributed by atoms with Crippen molar-refractivity contribution in [2.24, 2.45) is 0 Å². The Kier molecular flexibility index (Phi) is 3.90. The molecule has 1 aromatic rings. The number of benzene rings is 1. The molecular formula is C12H20OSi. The molecule has 1 aromatic carbocycles. The van der Waals surface area contributed by atoms with Crippen molar-refractivity contribution in [2.75, 3.05) is 0 Å². The van der Waals surface area contributed by atoms with Gasteiger partial charge in [-0.25, -0.2) is 0 Å². The van der Waals surface area contributed by atoms with Crippen LogP contribution in [0.15, 0.2) is 30.3 Å². The maximum atomic E-state index is 6.11. The summed E-state index contributed by atoms with van der Waals surface area (Å²) in [6, 6.07) is 10.6. The van der Waals surface area contributed by atoms with Gasteiger partial charge in [-0.05, 0) is 31.6 Å². The van der Waals surface area contributed by atoms with Gasteiger partial charge in [0.25, 0.3) is 0 Å². The SMILES string of the molecule is CCC(C)O[Si](C)(C)c1ccccc1. The molecule has 0 saturated heterocycles. The first-order valence-corrected chi connectivity index (χ1v) is 8.20. The quantitative estimate of drug-likeness (QED) is 0.691. The minimum absolute atomic E-state index is 0.372. The topological polar surface area (TPSA) is 9.23 Å². The molecule has 2 heteroatoms. The minimum atomic E-state index is -1.66. The molecule has 0 aliphatic carbocycles. The fourth-order valence-corrected chi connectivity index (χ4v) is 3.80. The Hall–Kier alpha value is -0.603. The third kappa shape index (κ3) is 2.96. The molecule has 1 unspecified atom stereocenters. The molecule has 14 heavy (non-hydrogen) atoms. The molecule has 78 valence electrons. The number of hydrogen-bond acceptors (Lipinski definition) is 1. The van der Waals surface area contributed by atoms with Crippen molar-refractivity contribution in [3.05, 3.63) is 30.3 Å². The summed E-state index contributed by atoms with van der Waals surface area (Å²) in [7, 11) is -1.66. The minimum Gasteiger partial charge on any atom is -0.410 e. The summed E-state index contributed by atoms with van der Waals surface area (Å²) < 4.78 is 6.11. The van der Waals surface area contributed by atoms with Crippen molar-refractivity contribution in [3.8, 4) is 0 Å². The van der Waals surface area contributed by atoms with Crippen LogP contribution < -0.4 is 5.19 Å². The van der Waals surface area contributed by atoms with Crippen LogP contribution in [-0.4, -0.2) is 14.4 Å². The number of hydrogen-bond donors (Lipinski definition) is 0. The molecule has 0 spiro atoms. The summed E-state index contributed by atoms with van der Waals surface area (Å²) in [5.74, 6) is 0.